The zero-order valence-corrected chi connectivity index (χ0v) is 14.0. The number of nitrogens with one attached hydrogen (secondary N) is 1. The highest BCUT2D eigenvalue weighted by molar-refractivity contribution is 5.24. The first kappa shape index (κ1) is 15.6. The molecule has 1 aromatic rings. The molecule has 0 aliphatic heterocycles. The highest BCUT2D eigenvalue weighted by atomic mass is 15.3. The molecule has 1 aliphatic rings. The second-order valence-electron chi connectivity index (χ2n) is 7.81. The highest BCUT2D eigenvalue weighted by Crippen LogP contribution is 2.29. The lowest BCUT2D eigenvalue weighted by molar-refractivity contribution is 0.227. The number of hydrogen-bond acceptors (Lipinski definition) is 2. The molecule has 1 saturated carbocycles. The van der Waals surface area contributed by atoms with Crippen molar-refractivity contribution < 1.29 is 0 Å². The molecule has 0 saturated heterocycles. The number of aryl methyl sites for hydroxylation is 1. The number of nitrogens with zero attached hydrogens (tertiary/aromatic N) is 2. The molecule has 0 spiro atoms. The van der Waals surface area contributed by atoms with E-state index < -0.39 is 0 Å². The van der Waals surface area contributed by atoms with Crippen LogP contribution in [0.2, 0.25) is 0 Å². The Labute approximate surface area is 124 Å². The van der Waals surface area contributed by atoms with E-state index in [4.69, 9.17) is 0 Å². The van der Waals surface area contributed by atoms with Crippen LogP contribution in [-0.2, 0) is 19.0 Å². The Bertz CT molecular complexity index is 442. The van der Waals surface area contributed by atoms with Gasteiger partial charge in [0.25, 0.3) is 0 Å². The molecule has 0 amide bonds. The molecule has 1 fully saturated rings. The first-order valence-electron chi connectivity index (χ1n) is 8.03. The zero-order valence-electron chi connectivity index (χ0n) is 14.0. The fraction of sp³-hybridized carbons (Fsp3) is 0.824. The van der Waals surface area contributed by atoms with Gasteiger partial charge in [0, 0.05) is 36.8 Å². The SMILES string of the molecule is CC1CCC(NCc2cn(C)nc2C(C)(C)C)C(C)C1. The molecule has 0 aromatic carbocycles. The predicted molar refractivity (Wildman–Crippen MR) is 84.7 cm³/mol. The molecule has 0 bridgehead atoms. The number of rotatable bonds is 3. The minimum Gasteiger partial charge on any atom is -0.310 e. The van der Waals surface area contributed by atoms with E-state index >= 15 is 0 Å². The van der Waals surface area contributed by atoms with Gasteiger partial charge in [-0.05, 0) is 31.1 Å². The maximum absolute atomic E-state index is 4.65. The fourth-order valence-electron chi connectivity index (χ4n) is 3.51. The van der Waals surface area contributed by atoms with Crippen molar-refractivity contribution in [3.63, 3.8) is 0 Å². The van der Waals surface area contributed by atoms with Gasteiger partial charge in [0.1, 0.15) is 0 Å². The first-order valence-corrected chi connectivity index (χ1v) is 8.03. The monoisotopic (exact) mass is 277 g/mol. The molecule has 20 heavy (non-hydrogen) atoms. The fourth-order valence-corrected chi connectivity index (χ4v) is 3.51. The van der Waals surface area contributed by atoms with Gasteiger partial charge in [-0.3, -0.25) is 4.68 Å². The second-order valence-corrected chi connectivity index (χ2v) is 7.81. The molecule has 114 valence electrons. The molecule has 0 radical (unpaired) electrons. The molecule has 3 nitrogen and oxygen atoms in total. The van der Waals surface area contributed by atoms with Crippen molar-refractivity contribution in [3.05, 3.63) is 17.5 Å². The quantitative estimate of drug-likeness (QED) is 0.914. The Morgan fingerprint density at radius 2 is 2.00 bits per heavy atom. The van der Waals surface area contributed by atoms with Crippen LogP contribution in [0.25, 0.3) is 0 Å². The van der Waals surface area contributed by atoms with Crippen LogP contribution in [0.4, 0.5) is 0 Å². The van der Waals surface area contributed by atoms with Gasteiger partial charge < -0.3 is 5.32 Å². The van der Waals surface area contributed by atoms with Crippen molar-refractivity contribution in [1.82, 2.24) is 15.1 Å². The van der Waals surface area contributed by atoms with E-state index in [2.05, 4.69) is 51.2 Å². The Kier molecular flexibility index (Phi) is 4.58. The third-order valence-corrected chi connectivity index (χ3v) is 4.60. The van der Waals surface area contributed by atoms with E-state index in [-0.39, 0.29) is 5.41 Å². The third kappa shape index (κ3) is 3.63. The van der Waals surface area contributed by atoms with Crippen molar-refractivity contribution >= 4 is 0 Å². The van der Waals surface area contributed by atoms with E-state index in [1.807, 2.05) is 11.7 Å². The van der Waals surface area contributed by atoms with Gasteiger partial charge in [0.2, 0.25) is 0 Å². The standard InChI is InChI=1S/C17H31N3/c1-12-7-8-15(13(2)9-12)18-10-14-11-20(6)19-16(14)17(3,4)5/h11-13,15,18H,7-10H2,1-6H3. The van der Waals surface area contributed by atoms with Gasteiger partial charge in [-0.15, -0.1) is 0 Å². The molecule has 2 rings (SSSR count). The topological polar surface area (TPSA) is 29.9 Å². The average Bonchev–Trinajstić information content (AvgIpc) is 2.69. The van der Waals surface area contributed by atoms with Crippen LogP contribution in [-0.4, -0.2) is 15.8 Å². The Hall–Kier alpha value is -0.830. The largest absolute Gasteiger partial charge is 0.310 e. The minimum atomic E-state index is 0.116. The van der Waals surface area contributed by atoms with Gasteiger partial charge in [-0.2, -0.15) is 5.10 Å². The summed E-state index contributed by atoms with van der Waals surface area (Å²) in [6.45, 7) is 12.4. The highest BCUT2D eigenvalue weighted by Gasteiger charge is 2.26. The molecule has 3 heteroatoms. The average molecular weight is 277 g/mol. The second kappa shape index (κ2) is 5.88. The summed E-state index contributed by atoms with van der Waals surface area (Å²) in [7, 11) is 2.02. The lowest BCUT2D eigenvalue weighted by Gasteiger charge is -2.33. The van der Waals surface area contributed by atoms with Gasteiger partial charge in [0.15, 0.2) is 0 Å². The molecule has 1 N–H and O–H groups in total. The van der Waals surface area contributed by atoms with E-state index in [1.54, 1.807) is 0 Å². The van der Waals surface area contributed by atoms with Crippen LogP contribution in [0.3, 0.4) is 0 Å². The Morgan fingerprint density at radius 1 is 1.30 bits per heavy atom. The minimum absolute atomic E-state index is 0.116. The van der Waals surface area contributed by atoms with Crippen molar-refractivity contribution in [2.75, 3.05) is 0 Å². The summed E-state index contributed by atoms with van der Waals surface area (Å²) < 4.78 is 1.95. The lowest BCUT2D eigenvalue weighted by atomic mass is 9.80. The van der Waals surface area contributed by atoms with Crippen LogP contribution in [0.1, 0.15) is 65.1 Å². The molecular formula is C17H31N3. The Morgan fingerprint density at radius 3 is 2.60 bits per heavy atom. The maximum Gasteiger partial charge on any atom is 0.0722 e. The van der Waals surface area contributed by atoms with Gasteiger partial charge in [-0.1, -0.05) is 34.6 Å². The molecule has 1 heterocycles. The van der Waals surface area contributed by atoms with Crippen molar-refractivity contribution in [3.8, 4) is 0 Å². The van der Waals surface area contributed by atoms with Crippen LogP contribution in [0.15, 0.2) is 6.20 Å². The summed E-state index contributed by atoms with van der Waals surface area (Å²) in [6, 6.07) is 0.666. The molecule has 1 aliphatic carbocycles. The Balaban J connectivity index is 2.01. The van der Waals surface area contributed by atoms with Gasteiger partial charge >= 0.3 is 0 Å². The molecular weight excluding hydrogens is 246 g/mol. The number of hydrogen-bond donors (Lipinski definition) is 1. The summed E-state index contributed by atoms with van der Waals surface area (Å²) in [4.78, 5) is 0. The van der Waals surface area contributed by atoms with Gasteiger partial charge in [0.05, 0.1) is 5.69 Å². The summed E-state index contributed by atoms with van der Waals surface area (Å²) in [5.41, 5.74) is 2.69. The summed E-state index contributed by atoms with van der Waals surface area (Å²) in [6.07, 6.45) is 6.20. The lowest BCUT2D eigenvalue weighted by Crippen LogP contribution is -2.38. The van der Waals surface area contributed by atoms with E-state index in [1.165, 1.54) is 30.5 Å². The first-order chi connectivity index (χ1) is 9.27. The van der Waals surface area contributed by atoms with Crippen LogP contribution in [0.5, 0.6) is 0 Å². The van der Waals surface area contributed by atoms with E-state index in [0.29, 0.717) is 6.04 Å². The van der Waals surface area contributed by atoms with Crippen LogP contribution < -0.4 is 5.32 Å². The molecule has 3 atom stereocenters. The molecule has 3 unspecified atom stereocenters. The van der Waals surface area contributed by atoms with Crippen molar-refractivity contribution in [2.45, 2.75) is 71.9 Å². The van der Waals surface area contributed by atoms with Crippen molar-refractivity contribution in [1.29, 1.82) is 0 Å². The van der Waals surface area contributed by atoms with Crippen LogP contribution in [0, 0.1) is 11.8 Å². The summed E-state index contributed by atoms with van der Waals surface area (Å²) in [5.74, 6) is 1.68. The summed E-state index contributed by atoms with van der Waals surface area (Å²) in [5, 5.41) is 8.43. The molecule has 1 aromatic heterocycles. The zero-order chi connectivity index (χ0) is 14.9. The third-order valence-electron chi connectivity index (χ3n) is 4.60. The van der Waals surface area contributed by atoms with Crippen LogP contribution >= 0.6 is 0 Å². The van der Waals surface area contributed by atoms with Gasteiger partial charge in [-0.25, -0.2) is 0 Å². The summed E-state index contributed by atoms with van der Waals surface area (Å²) >= 11 is 0. The normalized spacial score (nSPS) is 27.8. The number of aromatic nitrogens is 2. The van der Waals surface area contributed by atoms with E-state index in [0.717, 1.165) is 18.4 Å². The van der Waals surface area contributed by atoms with Crippen molar-refractivity contribution in [2.24, 2.45) is 18.9 Å². The van der Waals surface area contributed by atoms with E-state index in [9.17, 15) is 0 Å². The predicted octanol–water partition coefficient (Wildman–Crippen LogP) is 3.63. The maximum atomic E-state index is 4.65. The smallest absolute Gasteiger partial charge is 0.0722 e.